The minimum absolute atomic E-state index is 0.0123. The van der Waals surface area contributed by atoms with Crippen molar-refractivity contribution in [2.45, 2.75) is 16.7 Å². The summed E-state index contributed by atoms with van der Waals surface area (Å²) in [6.07, 6.45) is 0.0367. The maximum atomic E-state index is 12.4. The van der Waals surface area contributed by atoms with Crippen molar-refractivity contribution in [2.75, 3.05) is 0 Å². The van der Waals surface area contributed by atoms with Crippen LogP contribution < -0.4 is 4.72 Å². The van der Waals surface area contributed by atoms with Crippen LogP contribution in [-0.4, -0.2) is 25.5 Å². The van der Waals surface area contributed by atoms with Gasteiger partial charge in [0.25, 0.3) is 10.0 Å². The predicted octanol–water partition coefficient (Wildman–Crippen LogP) is 3.53. The Morgan fingerprint density at radius 3 is 2.52 bits per heavy atom. The highest BCUT2D eigenvalue weighted by molar-refractivity contribution is 7.91. The fourth-order valence-corrected chi connectivity index (χ4v) is 5.25. The van der Waals surface area contributed by atoms with Gasteiger partial charge in [-0.25, -0.2) is 8.42 Å². The molecule has 0 bridgehead atoms. The van der Waals surface area contributed by atoms with Gasteiger partial charge in [-0.3, -0.25) is 4.79 Å². The molecule has 0 amide bonds. The number of hydrogen-bond donors (Lipinski definition) is 2. The Kier molecular flexibility index (Phi) is 5.10. The topological polar surface area (TPSA) is 83.5 Å². The predicted molar refractivity (Wildman–Crippen MR) is 98.7 cm³/mol. The third-order valence-corrected chi connectivity index (χ3v) is 6.91. The second kappa shape index (κ2) is 7.13. The smallest absolute Gasteiger partial charge is 0.322 e. The van der Waals surface area contributed by atoms with E-state index in [-0.39, 0.29) is 10.6 Å². The van der Waals surface area contributed by atoms with Crippen molar-refractivity contribution < 1.29 is 18.3 Å². The van der Waals surface area contributed by atoms with Gasteiger partial charge in [-0.15, -0.1) is 11.3 Å². The minimum atomic E-state index is -3.95. The van der Waals surface area contributed by atoms with E-state index in [1.807, 2.05) is 36.4 Å². The van der Waals surface area contributed by atoms with E-state index in [9.17, 15) is 18.3 Å². The van der Waals surface area contributed by atoms with Gasteiger partial charge in [-0.1, -0.05) is 54.1 Å². The SMILES string of the molecule is O=C(O)[C@H](Cc1cccc2ccccc12)NS(=O)(=O)c1ccc(Cl)s1. The number of halogens is 1. The average Bonchev–Trinajstić information content (AvgIpc) is 3.02. The number of sulfonamides is 1. The van der Waals surface area contributed by atoms with Crippen molar-refractivity contribution in [3.8, 4) is 0 Å². The number of hydrogen-bond acceptors (Lipinski definition) is 4. The molecule has 1 atom stereocenters. The first-order valence-electron chi connectivity index (χ1n) is 7.34. The van der Waals surface area contributed by atoms with Crippen LogP contribution in [0.2, 0.25) is 4.34 Å². The molecule has 1 heterocycles. The van der Waals surface area contributed by atoms with E-state index in [4.69, 9.17) is 11.6 Å². The molecule has 0 radical (unpaired) electrons. The Hall–Kier alpha value is -1.93. The highest BCUT2D eigenvalue weighted by Gasteiger charge is 2.27. The summed E-state index contributed by atoms with van der Waals surface area (Å²) in [7, 11) is -3.95. The maximum absolute atomic E-state index is 12.4. The Labute approximate surface area is 153 Å². The summed E-state index contributed by atoms with van der Waals surface area (Å²) in [4.78, 5) is 11.6. The quantitative estimate of drug-likeness (QED) is 0.668. The molecule has 25 heavy (non-hydrogen) atoms. The minimum Gasteiger partial charge on any atom is -0.480 e. The van der Waals surface area contributed by atoms with Crippen LogP contribution in [0, 0.1) is 0 Å². The van der Waals surface area contributed by atoms with Gasteiger partial charge < -0.3 is 5.11 Å². The van der Waals surface area contributed by atoms with Gasteiger partial charge in [0, 0.05) is 6.42 Å². The second-order valence-corrected chi connectivity index (χ2v) is 9.07. The molecule has 0 saturated carbocycles. The molecule has 0 saturated heterocycles. The molecular weight excluding hydrogens is 382 g/mol. The van der Waals surface area contributed by atoms with Crippen LogP contribution >= 0.6 is 22.9 Å². The van der Waals surface area contributed by atoms with Gasteiger partial charge in [0.1, 0.15) is 10.3 Å². The fraction of sp³-hybridized carbons (Fsp3) is 0.118. The van der Waals surface area contributed by atoms with Crippen LogP contribution in [0.5, 0.6) is 0 Å². The Balaban J connectivity index is 1.90. The first-order valence-corrected chi connectivity index (χ1v) is 10.0. The van der Waals surface area contributed by atoms with E-state index in [1.54, 1.807) is 6.07 Å². The summed E-state index contributed by atoms with van der Waals surface area (Å²) in [6.45, 7) is 0. The third kappa shape index (κ3) is 4.01. The summed E-state index contributed by atoms with van der Waals surface area (Å²) < 4.78 is 27.4. The molecule has 0 aliphatic carbocycles. The fourth-order valence-electron chi connectivity index (χ4n) is 2.56. The number of nitrogens with one attached hydrogen (secondary N) is 1. The first kappa shape index (κ1) is 17.9. The van der Waals surface area contributed by atoms with E-state index >= 15 is 0 Å². The monoisotopic (exact) mass is 395 g/mol. The Morgan fingerprint density at radius 1 is 1.12 bits per heavy atom. The summed E-state index contributed by atoms with van der Waals surface area (Å²) in [5.41, 5.74) is 0.761. The molecule has 0 fully saturated rings. The van der Waals surface area contributed by atoms with Crippen LogP contribution in [-0.2, 0) is 21.2 Å². The molecule has 5 nitrogen and oxygen atoms in total. The zero-order valence-corrected chi connectivity index (χ0v) is 15.2. The molecule has 2 N–H and O–H groups in total. The number of thiophene rings is 1. The number of aliphatic carboxylic acids is 1. The summed E-state index contributed by atoms with van der Waals surface area (Å²) in [6, 6.07) is 14.6. The molecule has 3 aromatic rings. The van der Waals surface area contributed by atoms with Crippen molar-refractivity contribution in [2.24, 2.45) is 0 Å². The van der Waals surface area contributed by atoms with Gasteiger partial charge >= 0.3 is 5.97 Å². The number of benzene rings is 2. The van der Waals surface area contributed by atoms with Gasteiger partial charge in [-0.2, -0.15) is 4.72 Å². The molecule has 1 aromatic heterocycles. The Morgan fingerprint density at radius 2 is 1.84 bits per heavy atom. The Bertz CT molecular complexity index is 1020. The number of carboxylic acid groups (broad SMARTS) is 1. The molecular formula is C17H14ClNO4S2. The summed E-state index contributed by atoms with van der Waals surface area (Å²) >= 11 is 6.65. The highest BCUT2D eigenvalue weighted by Crippen LogP contribution is 2.26. The van der Waals surface area contributed by atoms with E-state index in [2.05, 4.69) is 4.72 Å². The van der Waals surface area contributed by atoms with Crippen molar-refractivity contribution in [3.05, 3.63) is 64.5 Å². The molecule has 0 aliphatic rings. The standard InChI is InChI=1S/C17H14ClNO4S2/c18-15-8-9-16(24-15)25(22,23)19-14(17(20)21)10-12-6-3-5-11-4-1-2-7-13(11)12/h1-9,14,19H,10H2,(H,20,21)/t14-/m0/s1. The second-order valence-electron chi connectivity index (χ2n) is 5.41. The number of rotatable bonds is 6. The van der Waals surface area contributed by atoms with Gasteiger partial charge in [0.15, 0.2) is 0 Å². The lowest BCUT2D eigenvalue weighted by atomic mass is 9.99. The molecule has 0 unspecified atom stereocenters. The summed E-state index contributed by atoms with van der Waals surface area (Å²) in [5.74, 6) is -1.24. The van der Waals surface area contributed by atoms with Crippen LogP contribution in [0.15, 0.2) is 58.8 Å². The first-order chi connectivity index (χ1) is 11.9. The van der Waals surface area contributed by atoms with Crippen LogP contribution in [0.25, 0.3) is 10.8 Å². The highest BCUT2D eigenvalue weighted by atomic mass is 35.5. The summed E-state index contributed by atoms with van der Waals surface area (Å²) in [5, 5.41) is 11.3. The molecule has 130 valence electrons. The third-order valence-electron chi connectivity index (χ3n) is 3.71. The molecule has 3 rings (SSSR count). The van der Waals surface area contributed by atoms with Crippen LogP contribution in [0.3, 0.4) is 0 Å². The molecule has 2 aromatic carbocycles. The lowest BCUT2D eigenvalue weighted by molar-refractivity contribution is -0.138. The zero-order chi connectivity index (χ0) is 18.0. The van der Waals surface area contributed by atoms with Crippen LogP contribution in [0.4, 0.5) is 0 Å². The molecule has 8 heteroatoms. The normalized spacial score (nSPS) is 13.0. The van der Waals surface area contributed by atoms with Crippen molar-refractivity contribution >= 4 is 49.7 Å². The maximum Gasteiger partial charge on any atom is 0.322 e. The van der Waals surface area contributed by atoms with Gasteiger partial charge in [0.05, 0.1) is 4.34 Å². The largest absolute Gasteiger partial charge is 0.480 e. The number of fused-ring (bicyclic) bond motifs is 1. The van der Waals surface area contributed by atoms with E-state index in [0.29, 0.717) is 4.34 Å². The number of carboxylic acids is 1. The van der Waals surface area contributed by atoms with Crippen molar-refractivity contribution in [1.82, 2.24) is 4.72 Å². The molecule has 0 spiro atoms. The molecule has 0 aliphatic heterocycles. The van der Waals surface area contributed by atoms with Crippen molar-refractivity contribution in [3.63, 3.8) is 0 Å². The lowest BCUT2D eigenvalue weighted by Gasteiger charge is -2.15. The van der Waals surface area contributed by atoms with Crippen LogP contribution in [0.1, 0.15) is 5.56 Å². The lowest BCUT2D eigenvalue weighted by Crippen LogP contribution is -2.42. The van der Waals surface area contributed by atoms with E-state index in [0.717, 1.165) is 27.7 Å². The van der Waals surface area contributed by atoms with Crippen molar-refractivity contribution in [1.29, 1.82) is 0 Å². The van der Waals surface area contributed by atoms with E-state index in [1.165, 1.54) is 12.1 Å². The van der Waals surface area contributed by atoms with E-state index < -0.39 is 22.0 Å². The number of carbonyl (C=O) groups is 1. The van der Waals surface area contributed by atoms with Gasteiger partial charge in [-0.05, 0) is 28.5 Å². The zero-order valence-electron chi connectivity index (χ0n) is 12.8. The average molecular weight is 396 g/mol. The van der Waals surface area contributed by atoms with Gasteiger partial charge in [0.2, 0.25) is 0 Å².